The first kappa shape index (κ1) is 10.7. The Labute approximate surface area is 83.5 Å². The standard InChI is InChI=1S/C9H16N4O/c1-4-13-6-8(11-12-13)5-10-9(14)7(2)3/h6-7H,4-5H2,1-3H3,(H,10,14). The maximum Gasteiger partial charge on any atom is 0.222 e. The topological polar surface area (TPSA) is 59.8 Å². The van der Waals surface area contributed by atoms with Gasteiger partial charge in [0.2, 0.25) is 5.91 Å². The molecule has 1 amide bonds. The molecule has 78 valence electrons. The van der Waals surface area contributed by atoms with Crippen molar-refractivity contribution in [2.24, 2.45) is 5.92 Å². The van der Waals surface area contributed by atoms with Crippen LogP contribution in [-0.4, -0.2) is 20.9 Å². The molecule has 1 rings (SSSR count). The minimum Gasteiger partial charge on any atom is -0.350 e. The largest absolute Gasteiger partial charge is 0.350 e. The molecule has 1 aromatic rings. The average molecular weight is 196 g/mol. The molecule has 0 unspecified atom stereocenters. The number of rotatable bonds is 4. The van der Waals surface area contributed by atoms with Crippen LogP contribution in [-0.2, 0) is 17.9 Å². The van der Waals surface area contributed by atoms with Gasteiger partial charge in [0.25, 0.3) is 0 Å². The van der Waals surface area contributed by atoms with E-state index in [1.807, 2.05) is 27.0 Å². The van der Waals surface area contributed by atoms with Crippen molar-refractivity contribution in [2.45, 2.75) is 33.9 Å². The molecule has 14 heavy (non-hydrogen) atoms. The Morgan fingerprint density at radius 2 is 2.36 bits per heavy atom. The third kappa shape index (κ3) is 2.83. The van der Waals surface area contributed by atoms with Crippen LogP contribution in [0.2, 0.25) is 0 Å². The van der Waals surface area contributed by atoms with E-state index in [1.165, 1.54) is 0 Å². The minimum absolute atomic E-state index is 0.0104. The van der Waals surface area contributed by atoms with Crippen molar-refractivity contribution >= 4 is 5.91 Å². The van der Waals surface area contributed by atoms with Gasteiger partial charge in [0.05, 0.1) is 12.7 Å². The van der Waals surface area contributed by atoms with Crippen molar-refractivity contribution in [3.63, 3.8) is 0 Å². The molecule has 1 N–H and O–H groups in total. The van der Waals surface area contributed by atoms with Crippen molar-refractivity contribution in [1.82, 2.24) is 20.3 Å². The Hall–Kier alpha value is -1.39. The number of nitrogens with one attached hydrogen (secondary N) is 1. The van der Waals surface area contributed by atoms with Crippen LogP contribution in [0.25, 0.3) is 0 Å². The number of carbonyl (C=O) groups excluding carboxylic acids is 1. The highest BCUT2D eigenvalue weighted by Gasteiger charge is 2.07. The lowest BCUT2D eigenvalue weighted by Gasteiger charge is -2.04. The summed E-state index contributed by atoms with van der Waals surface area (Å²) in [5.74, 6) is 0.0484. The fraction of sp³-hybridized carbons (Fsp3) is 0.667. The van der Waals surface area contributed by atoms with Gasteiger partial charge < -0.3 is 5.32 Å². The molecule has 0 fully saturated rings. The second-order valence-electron chi connectivity index (χ2n) is 3.44. The molecule has 0 saturated heterocycles. The third-order valence-electron chi connectivity index (χ3n) is 1.88. The zero-order chi connectivity index (χ0) is 10.6. The van der Waals surface area contributed by atoms with E-state index in [1.54, 1.807) is 4.68 Å². The molecule has 0 aliphatic carbocycles. The predicted molar refractivity (Wildman–Crippen MR) is 52.4 cm³/mol. The summed E-state index contributed by atoms with van der Waals surface area (Å²) in [5.41, 5.74) is 0.792. The van der Waals surface area contributed by atoms with Gasteiger partial charge in [0.1, 0.15) is 5.69 Å². The van der Waals surface area contributed by atoms with E-state index in [9.17, 15) is 4.79 Å². The molecule has 1 aromatic heterocycles. The van der Waals surface area contributed by atoms with Crippen molar-refractivity contribution in [3.8, 4) is 0 Å². The van der Waals surface area contributed by atoms with Crippen LogP contribution in [0.3, 0.4) is 0 Å². The van der Waals surface area contributed by atoms with Gasteiger partial charge in [-0.1, -0.05) is 19.1 Å². The summed E-state index contributed by atoms with van der Waals surface area (Å²) < 4.78 is 1.73. The number of amides is 1. The van der Waals surface area contributed by atoms with Crippen molar-refractivity contribution in [2.75, 3.05) is 0 Å². The Morgan fingerprint density at radius 1 is 1.64 bits per heavy atom. The highest BCUT2D eigenvalue weighted by Crippen LogP contribution is 1.95. The quantitative estimate of drug-likeness (QED) is 0.766. The highest BCUT2D eigenvalue weighted by molar-refractivity contribution is 5.77. The summed E-state index contributed by atoms with van der Waals surface area (Å²) in [6, 6.07) is 0. The number of aromatic nitrogens is 3. The lowest BCUT2D eigenvalue weighted by molar-refractivity contribution is -0.124. The highest BCUT2D eigenvalue weighted by atomic mass is 16.1. The number of hydrogen-bond donors (Lipinski definition) is 1. The average Bonchev–Trinajstić information content (AvgIpc) is 2.61. The minimum atomic E-state index is 0.0104. The summed E-state index contributed by atoms with van der Waals surface area (Å²) in [5, 5.41) is 10.6. The molecule has 0 atom stereocenters. The second kappa shape index (κ2) is 4.74. The summed E-state index contributed by atoms with van der Waals surface area (Å²) in [4.78, 5) is 11.2. The number of carbonyl (C=O) groups is 1. The van der Waals surface area contributed by atoms with E-state index in [2.05, 4.69) is 15.6 Å². The number of aryl methyl sites for hydroxylation is 1. The number of hydrogen-bond acceptors (Lipinski definition) is 3. The van der Waals surface area contributed by atoms with Crippen LogP contribution in [0.15, 0.2) is 6.20 Å². The van der Waals surface area contributed by atoms with Crippen LogP contribution < -0.4 is 5.32 Å². The van der Waals surface area contributed by atoms with Crippen LogP contribution in [0.4, 0.5) is 0 Å². The molecule has 5 nitrogen and oxygen atoms in total. The summed E-state index contributed by atoms with van der Waals surface area (Å²) >= 11 is 0. The first-order valence-corrected chi connectivity index (χ1v) is 4.80. The van der Waals surface area contributed by atoms with E-state index < -0.39 is 0 Å². The maximum absolute atomic E-state index is 11.2. The Bertz CT molecular complexity index is 306. The Kier molecular flexibility index (Phi) is 3.62. The fourth-order valence-corrected chi connectivity index (χ4v) is 0.956. The molecule has 0 saturated carbocycles. The van der Waals surface area contributed by atoms with Crippen molar-refractivity contribution in [1.29, 1.82) is 0 Å². The Balaban J connectivity index is 2.41. The Morgan fingerprint density at radius 3 is 2.86 bits per heavy atom. The van der Waals surface area contributed by atoms with Crippen LogP contribution in [0.1, 0.15) is 26.5 Å². The van der Waals surface area contributed by atoms with E-state index in [0.29, 0.717) is 6.54 Å². The van der Waals surface area contributed by atoms with Crippen LogP contribution in [0, 0.1) is 5.92 Å². The molecular weight excluding hydrogens is 180 g/mol. The number of nitrogens with zero attached hydrogens (tertiary/aromatic N) is 3. The molecule has 0 aromatic carbocycles. The van der Waals surface area contributed by atoms with E-state index in [4.69, 9.17) is 0 Å². The molecule has 1 heterocycles. The molecule has 5 heteroatoms. The van der Waals surface area contributed by atoms with Gasteiger partial charge >= 0.3 is 0 Å². The second-order valence-corrected chi connectivity index (χ2v) is 3.44. The predicted octanol–water partition coefficient (Wildman–Crippen LogP) is 0.570. The monoisotopic (exact) mass is 196 g/mol. The molecule has 0 radical (unpaired) electrons. The zero-order valence-electron chi connectivity index (χ0n) is 8.82. The van der Waals surface area contributed by atoms with Gasteiger partial charge in [0, 0.05) is 12.5 Å². The molecule has 0 spiro atoms. The molecule has 0 aliphatic rings. The van der Waals surface area contributed by atoms with Gasteiger partial charge in [-0.15, -0.1) is 5.10 Å². The molecular formula is C9H16N4O. The third-order valence-corrected chi connectivity index (χ3v) is 1.88. The lowest BCUT2D eigenvalue weighted by Crippen LogP contribution is -2.27. The van der Waals surface area contributed by atoms with Crippen LogP contribution >= 0.6 is 0 Å². The summed E-state index contributed by atoms with van der Waals surface area (Å²) in [6.07, 6.45) is 1.83. The van der Waals surface area contributed by atoms with Gasteiger partial charge in [-0.3, -0.25) is 9.48 Å². The lowest BCUT2D eigenvalue weighted by atomic mass is 10.2. The summed E-state index contributed by atoms with van der Waals surface area (Å²) in [7, 11) is 0. The first-order chi connectivity index (χ1) is 6.63. The van der Waals surface area contributed by atoms with Gasteiger partial charge in [-0.2, -0.15) is 0 Å². The van der Waals surface area contributed by atoms with Gasteiger partial charge in [-0.25, -0.2) is 0 Å². The maximum atomic E-state index is 11.2. The van der Waals surface area contributed by atoms with Crippen LogP contribution in [0.5, 0.6) is 0 Å². The zero-order valence-corrected chi connectivity index (χ0v) is 8.82. The smallest absolute Gasteiger partial charge is 0.222 e. The normalized spacial score (nSPS) is 10.6. The van der Waals surface area contributed by atoms with Crippen molar-refractivity contribution < 1.29 is 4.79 Å². The molecule has 0 aliphatic heterocycles. The summed E-state index contributed by atoms with van der Waals surface area (Å²) in [6.45, 7) is 6.96. The molecule has 0 bridgehead atoms. The van der Waals surface area contributed by atoms with E-state index >= 15 is 0 Å². The fourth-order valence-electron chi connectivity index (χ4n) is 0.956. The van der Waals surface area contributed by atoms with Crippen molar-refractivity contribution in [3.05, 3.63) is 11.9 Å². The first-order valence-electron chi connectivity index (χ1n) is 4.80. The SMILES string of the molecule is CCn1cc(CNC(=O)C(C)C)nn1. The van der Waals surface area contributed by atoms with E-state index in [-0.39, 0.29) is 11.8 Å². The van der Waals surface area contributed by atoms with Gasteiger partial charge in [0.15, 0.2) is 0 Å². The van der Waals surface area contributed by atoms with E-state index in [0.717, 1.165) is 12.2 Å². The van der Waals surface area contributed by atoms with Gasteiger partial charge in [-0.05, 0) is 6.92 Å².